The first-order chi connectivity index (χ1) is 9.31. The van der Waals surface area contributed by atoms with Crippen LogP contribution in [0.5, 0.6) is 0 Å². The fraction of sp³-hybridized carbons (Fsp3) is 0.0833. The van der Waals surface area contributed by atoms with Crippen LogP contribution in [0.15, 0.2) is 12.1 Å². The molecule has 1 amide bonds. The number of anilines is 1. The Balaban J connectivity index is 2.63. The minimum absolute atomic E-state index is 0.0724. The summed E-state index contributed by atoms with van der Waals surface area (Å²) in [5, 5.41) is 0. The lowest BCUT2D eigenvalue weighted by Crippen LogP contribution is -2.17. The molecule has 20 heavy (non-hydrogen) atoms. The second kappa shape index (κ2) is 4.80. The van der Waals surface area contributed by atoms with E-state index < -0.39 is 23.4 Å². The highest BCUT2D eigenvalue weighted by Crippen LogP contribution is 2.23. The largest absolute Gasteiger partial charge is 0.383 e. The van der Waals surface area contributed by atoms with Crippen molar-refractivity contribution in [3.63, 3.8) is 0 Å². The molecule has 2 rings (SSSR count). The minimum Gasteiger partial charge on any atom is -0.383 e. The summed E-state index contributed by atoms with van der Waals surface area (Å²) in [6, 6.07) is 1.47. The number of amides is 1. The van der Waals surface area contributed by atoms with Crippen molar-refractivity contribution in [1.29, 1.82) is 0 Å². The Morgan fingerprint density at radius 2 is 1.70 bits per heavy atom. The average Bonchev–Trinajstić information content (AvgIpc) is 2.33. The molecule has 0 saturated heterocycles. The summed E-state index contributed by atoms with van der Waals surface area (Å²) >= 11 is 0. The molecule has 5 nitrogen and oxygen atoms in total. The number of aryl methyl sites for hydroxylation is 1. The van der Waals surface area contributed by atoms with Gasteiger partial charge in [0.15, 0.2) is 23.3 Å². The van der Waals surface area contributed by atoms with Gasteiger partial charge in [0.05, 0.1) is 5.69 Å². The lowest BCUT2D eigenvalue weighted by atomic mass is 10.1. The maximum absolute atomic E-state index is 13.2. The number of benzene rings is 1. The number of aromatic nitrogens is 2. The third-order valence-electron chi connectivity index (χ3n) is 2.61. The molecular formula is C12H9F3N4O. The van der Waals surface area contributed by atoms with Gasteiger partial charge in [0, 0.05) is 5.56 Å². The second-order valence-corrected chi connectivity index (χ2v) is 4.01. The summed E-state index contributed by atoms with van der Waals surface area (Å²) in [6.07, 6.45) is 0. The number of carbonyl (C=O) groups is 1. The van der Waals surface area contributed by atoms with E-state index in [4.69, 9.17) is 11.5 Å². The summed E-state index contributed by atoms with van der Waals surface area (Å²) in [4.78, 5) is 18.8. The quantitative estimate of drug-likeness (QED) is 0.817. The molecule has 1 aromatic heterocycles. The first kappa shape index (κ1) is 13.8. The molecule has 1 heterocycles. The van der Waals surface area contributed by atoms with E-state index in [1.54, 1.807) is 0 Å². The number of hydrogen-bond acceptors (Lipinski definition) is 4. The van der Waals surface area contributed by atoms with Crippen molar-refractivity contribution in [2.24, 2.45) is 5.73 Å². The topological polar surface area (TPSA) is 94.9 Å². The van der Waals surface area contributed by atoms with Crippen molar-refractivity contribution in [2.45, 2.75) is 6.92 Å². The van der Waals surface area contributed by atoms with Crippen molar-refractivity contribution in [3.05, 3.63) is 40.8 Å². The Morgan fingerprint density at radius 1 is 1.15 bits per heavy atom. The van der Waals surface area contributed by atoms with Gasteiger partial charge in [0.2, 0.25) is 0 Å². The molecule has 0 unspecified atom stereocenters. The third kappa shape index (κ3) is 2.27. The first-order valence-electron chi connectivity index (χ1n) is 5.40. The van der Waals surface area contributed by atoms with Crippen LogP contribution in [0.4, 0.5) is 19.0 Å². The molecule has 104 valence electrons. The fourth-order valence-corrected chi connectivity index (χ4v) is 1.71. The van der Waals surface area contributed by atoms with Crippen molar-refractivity contribution in [3.8, 4) is 11.4 Å². The first-order valence-corrected chi connectivity index (χ1v) is 5.40. The van der Waals surface area contributed by atoms with Gasteiger partial charge in [-0.25, -0.2) is 23.1 Å². The number of nitrogens with zero attached hydrogens (tertiary/aromatic N) is 2. The zero-order valence-corrected chi connectivity index (χ0v) is 10.2. The van der Waals surface area contributed by atoms with E-state index in [1.165, 1.54) is 6.92 Å². The van der Waals surface area contributed by atoms with Crippen molar-refractivity contribution < 1.29 is 18.0 Å². The Labute approximate surface area is 111 Å². The summed E-state index contributed by atoms with van der Waals surface area (Å²) < 4.78 is 39.2. The molecule has 0 saturated carbocycles. The second-order valence-electron chi connectivity index (χ2n) is 4.01. The average molecular weight is 282 g/mol. The van der Waals surface area contributed by atoms with E-state index in [1.807, 2.05) is 0 Å². The molecule has 1 aromatic carbocycles. The van der Waals surface area contributed by atoms with Gasteiger partial charge in [-0.15, -0.1) is 0 Å². The Kier molecular flexibility index (Phi) is 3.31. The van der Waals surface area contributed by atoms with Crippen LogP contribution < -0.4 is 11.5 Å². The molecule has 0 spiro atoms. The Hall–Kier alpha value is -2.64. The van der Waals surface area contributed by atoms with Crippen molar-refractivity contribution in [1.82, 2.24) is 9.97 Å². The van der Waals surface area contributed by atoms with Crippen LogP contribution >= 0.6 is 0 Å². The standard InChI is InChI=1S/C12H9F3N4O/c1-4-8(11(17)20)10(16)19-12(18-4)5-2-6(13)9(15)7(14)3-5/h2-3H,1H3,(H2,17,20)(H2,16,18,19). The predicted molar refractivity (Wildman–Crippen MR) is 65.0 cm³/mol. The third-order valence-corrected chi connectivity index (χ3v) is 2.61. The number of nitrogen functional groups attached to an aromatic ring is 1. The van der Waals surface area contributed by atoms with E-state index in [-0.39, 0.29) is 28.5 Å². The van der Waals surface area contributed by atoms with Crippen molar-refractivity contribution >= 4 is 11.7 Å². The molecule has 0 radical (unpaired) electrons. The molecule has 8 heteroatoms. The highest BCUT2D eigenvalue weighted by atomic mass is 19.2. The van der Waals surface area contributed by atoms with Crippen LogP contribution in [0.1, 0.15) is 16.1 Å². The smallest absolute Gasteiger partial charge is 0.254 e. The monoisotopic (exact) mass is 282 g/mol. The lowest BCUT2D eigenvalue weighted by molar-refractivity contribution is 0.1000. The lowest BCUT2D eigenvalue weighted by Gasteiger charge is -2.08. The van der Waals surface area contributed by atoms with Crippen LogP contribution in [-0.4, -0.2) is 15.9 Å². The van der Waals surface area contributed by atoms with E-state index in [9.17, 15) is 18.0 Å². The summed E-state index contributed by atoms with van der Waals surface area (Å²) in [7, 11) is 0. The van der Waals surface area contributed by atoms with E-state index in [2.05, 4.69) is 9.97 Å². The fourth-order valence-electron chi connectivity index (χ4n) is 1.71. The van der Waals surface area contributed by atoms with Crippen LogP contribution in [0, 0.1) is 24.4 Å². The van der Waals surface area contributed by atoms with E-state index in [0.29, 0.717) is 0 Å². The van der Waals surface area contributed by atoms with Crippen LogP contribution in [0.2, 0.25) is 0 Å². The summed E-state index contributed by atoms with van der Waals surface area (Å²) in [5.74, 6) is -5.51. The Bertz CT molecular complexity index is 672. The minimum atomic E-state index is -1.59. The van der Waals surface area contributed by atoms with Gasteiger partial charge in [0.25, 0.3) is 5.91 Å². The van der Waals surface area contributed by atoms with Gasteiger partial charge < -0.3 is 11.5 Å². The predicted octanol–water partition coefficient (Wildman–Crippen LogP) is 1.55. The molecule has 0 aliphatic carbocycles. The van der Waals surface area contributed by atoms with Crippen LogP contribution in [-0.2, 0) is 0 Å². The molecule has 0 atom stereocenters. The van der Waals surface area contributed by atoms with E-state index in [0.717, 1.165) is 12.1 Å². The SMILES string of the molecule is Cc1nc(-c2cc(F)c(F)c(F)c2)nc(N)c1C(N)=O. The molecule has 0 bridgehead atoms. The van der Waals surface area contributed by atoms with Gasteiger partial charge in [-0.05, 0) is 19.1 Å². The molecule has 4 N–H and O–H groups in total. The maximum Gasteiger partial charge on any atom is 0.254 e. The zero-order chi connectivity index (χ0) is 15.0. The van der Waals surface area contributed by atoms with Crippen LogP contribution in [0.3, 0.4) is 0 Å². The number of primary amides is 1. The molecular weight excluding hydrogens is 273 g/mol. The highest BCUT2D eigenvalue weighted by molar-refractivity contribution is 5.98. The number of rotatable bonds is 2. The zero-order valence-electron chi connectivity index (χ0n) is 10.2. The Morgan fingerprint density at radius 3 is 2.15 bits per heavy atom. The van der Waals surface area contributed by atoms with Gasteiger partial charge >= 0.3 is 0 Å². The number of carbonyl (C=O) groups excluding carboxylic acids is 1. The molecule has 0 aliphatic heterocycles. The normalized spacial score (nSPS) is 10.6. The van der Waals surface area contributed by atoms with E-state index >= 15 is 0 Å². The van der Waals surface area contributed by atoms with Gasteiger partial charge in [-0.1, -0.05) is 0 Å². The number of hydrogen-bond donors (Lipinski definition) is 2. The van der Waals surface area contributed by atoms with Crippen molar-refractivity contribution in [2.75, 3.05) is 5.73 Å². The summed E-state index contributed by atoms with van der Waals surface area (Å²) in [6.45, 7) is 1.44. The van der Waals surface area contributed by atoms with Gasteiger partial charge in [-0.2, -0.15) is 0 Å². The summed E-state index contributed by atoms with van der Waals surface area (Å²) in [5.41, 5.74) is 10.6. The number of halogens is 3. The van der Waals surface area contributed by atoms with Gasteiger partial charge in [0.1, 0.15) is 11.4 Å². The molecule has 2 aromatic rings. The molecule has 0 aliphatic rings. The molecule has 0 fully saturated rings. The van der Waals surface area contributed by atoms with Crippen LogP contribution in [0.25, 0.3) is 11.4 Å². The maximum atomic E-state index is 13.2. The highest BCUT2D eigenvalue weighted by Gasteiger charge is 2.17. The van der Waals surface area contributed by atoms with Gasteiger partial charge in [-0.3, -0.25) is 4.79 Å². The number of nitrogens with two attached hydrogens (primary N) is 2.